The Kier molecular flexibility index (Phi) is 5.23. The second-order valence-electron chi connectivity index (χ2n) is 5.20. The fourth-order valence-corrected chi connectivity index (χ4v) is 2.50. The first-order valence-corrected chi connectivity index (χ1v) is 8.65. The number of amidine groups is 1. The zero-order chi connectivity index (χ0) is 17.0. The number of aliphatic imine (C=N–C) groups is 1. The Balaban J connectivity index is 0.000000168. The third kappa shape index (κ3) is 4.43. The molecule has 2 aliphatic rings. The van der Waals surface area contributed by atoms with Crippen molar-refractivity contribution in [2.75, 3.05) is 7.05 Å². The minimum atomic E-state index is -4.02. The molecule has 2 aliphatic heterocycles. The van der Waals surface area contributed by atoms with Crippen molar-refractivity contribution in [3.05, 3.63) is 53.9 Å². The van der Waals surface area contributed by atoms with Crippen LogP contribution in [0.15, 0.2) is 58.3 Å². The van der Waals surface area contributed by atoms with E-state index in [1.54, 1.807) is 12.1 Å². The van der Waals surface area contributed by atoms with Crippen LogP contribution in [0.5, 0.6) is 0 Å². The Hall–Kier alpha value is -2.12. The number of benzene rings is 1. The van der Waals surface area contributed by atoms with Gasteiger partial charge in [-0.15, -0.1) is 0 Å². The lowest BCUT2D eigenvalue weighted by atomic mass is 10.2. The van der Waals surface area contributed by atoms with E-state index in [4.69, 9.17) is 9.29 Å². The number of ether oxygens (including phenoxy) is 1. The van der Waals surface area contributed by atoms with Gasteiger partial charge >= 0.3 is 0 Å². The highest BCUT2D eigenvalue weighted by atomic mass is 32.2. The summed E-state index contributed by atoms with van der Waals surface area (Å²) in [6.45, 7) is 3.91. The van der Waals surface area contributed by atoms with Crippen LogP contribution < -0.4 is 0 Å². The minimum absolute atomic E-state index is 0.0219. The molecule has 0 amide bonds. The molecule has 124 valence electrons. The lowest BCUT2D eigenvalue weighted by Crippen LogP contribution is -2.22. The molecule has 1 unspecified atom stereocenters. The van der Waals surface area contributed by atoms with Gasteiger partial charge in [0.2, 0.25) is 0 Å². The van der Waals surface area contributed by atoms with Crippen molar-refractivity contribution in [2.24, 2.45) is 4.99 Å². The summed E-state index contributed by atoms with van der Waals surface area (Å²) in [5.41, 5.74) is 0.956. The molecule has 2 heterocycles. The second kappa shape index (κ2) is 6.97. The van der Waals surface area contributed by atoms with E-state index < -0.39 is 10.1 Å². The topological polar surface area (TPSA) is 79.2 Å². The third-order valence-corrected chi connectivity index (χ3v) is 4.18. The predicted octanol–water partition coefficient (Wildman–Crippen LogP) is 2.74. The van der Waals surface area contributed by atoms with E-state index in [1.165, 1.54) is 12.1 Å². The van der Waals surface area contributed by atoms with Gasteiger partial charge in [-0.25, -0.2) is 4.99 Å². The summed E-state index contributed by atoms with van der Waals surface area (Å²) in [5, 5.41) is 0. The molecule has 1 aromatic carbocycles. The smallest absolute Gasteiger partial charge is 0.294 e. The molecule has 0 spiro atoms. The molecule has 1 aromatic rings. The minimum Gasteiger partial charge on any atom is -0.465 e. The maximum absolute atomic E-state index is 10.5. The van der Waals surface area contributed by atoms with Crippen LogP contribution in [-0.4, -0.2) is 37.0 Å². The molecule has 1 N–H and O–H groups in total. The molecule has 7 heteroatoms. The number of aryl methyl sites for hydroxylation is 1. The summed E-state index contributed by atoms with van der Waals surface area (Å²) >= 11 is 0. The summed E-state index contributed by atoms with van der Waals surface area (Å²) < 4.78 is 35.1. The van der Waals surface area contributed by atoms with Crippen molar-refractivity contribution in [3.8, 4) is 0 Å². The van der Waals surface area contributed by atoms with Crippen molar-refractivity contribution in [1.82, 2.24) is 4.90 Å². The van der Waals surface area contributed by atoms with Crippen LogP contribution in [0.3, 0.4) is 0 Å². The SMILES string of the molecule is CCC1N=C2C(=CC=CN2C)O1.Cc1ccc(S(=O)(=O)O)cc1. The lowest BCUT2D eigenvalue weighted by Gasteiger charge is -2.16. The summed E-state index contributed by atoms with van der Waals surface area (Å²) in [6, 6.07) is 5.99. The Bertz CT molecular complexity index is 749. The number of hydrogen-bond acceptors (Lipinski definition) is 5. The molecule has 0 radical (unpaired) electrons. The highest BCUT2D eigenvalue weighted by Gasteiger charge is 2.25. The van der Waals surface area contributed by atoms with Crippen LogP contribution in [0, 0.1) is 6.92 Å². The fourth-order valence-electron chi connectivity index (χ4n) is 2.02. The molecule has 0 aromatic heterocycles. The zero-order valence-electron chi connectivity index (χ0n) is 13.3. The molecule has 23 heavy (non-hydrogen) atoms. The average Bonchev–Trinajstić information content (AvgIpc) is 2.92. The lowest BCUT2D eigenvalue weighted by molar-refractivity contribution is 0.152. The molecular formula is C16H20N2O4S. The van der Waals surface area contributed by atoms with Crippen LogP contribution >= 0.6 is 0 Å². The van der Waals surface area contributed by atoms with Gasteiger partial charge in [0.15, 0.2) is 17.8 Å². The first kappa shape index (κ1) is 17.2. The van der Waals surface area contributed by atoms with Gasteiger partial charge in [0.25, 0.3) is 10.1 Å². The summed E-state index contributed by atoms with van der Waals surface area (Å²) in [5.74, 6) is 1.84. The fraction of sp³-hybridized carbons (Fsp3) is 0.312. The van der Waals surface area contributed by atoms with E-state index in [2.05, 4.69) is 11.9 Å². The zero-order valence-corrected chi connectivity index (χ0v) is 14.1. The number of likely N-dealkylation sites (N-methyl/N-ethyl adjacent to an activating group) is 1. The second-order valence-corrected chi connectivity index (χ2v) is 6.63. The summed E-state index contributed by atoms with van der Waals surface area (Å²) in [6.07, 6.45) is 6.84. The van der Waals surface area contributed by atoms with Crippen molar-refractivity contribution in [3.63, 3.8) is 0 Å². The highest BCUT2D eigenvalue weighted by Crippen LogP contribution is 2.22. The van der Waals surface area contributed by atoms with Gasteiger partial charge in [0.05, 0.1) is 4.90 Å². The predicted molar refractivity (Wildman–Crippen MR) is 88.6 cm³/mol. The monoisotopic (exact) mass is 336 g/mol. The quantitative estimate of drug-likeness (QED) is 0.840. The molecule has 3 rings (SSSR count). The Morgan fingerprint density at radius 3 is 2.48 bits per heavy atom. The number of fused-ring (bicyclic) bond motifs is 1. The van der Waals surface area contributed by atoms with Crippen molar-refractivity contribution in [1.29, 1.82) is 0 Å². The van der Waals surface area contributed by atoms with Gasteiger partial charge in [-0.2, -0.15) is 8.42 Å². The van der Waals surface area contributed by atoms with E-state index in [1.807, 2.05) is 37.2 Å². The van der Waals surface area contributed by atoms with Crippen LogP contribution in [0.1, 0.15) is 18.9 Å². The van der Waals surface area contributed by atoms with Crippen LogP contribution in [0.4, 0.5) is 0 Å². The molecule has 0 saturated carbocycles. The maximum Gasteiger partial charge on any atom is 0.294 e. The Morgan fingerprint density at radius 1 is 1.30 bits per heavy atom. The standard InChI is InChI=1S/C9H12N2O.C7H8O3S/c1-3-8-10-9-7(12-8)5-4-6-11(9)2;1-6-2-4-7(5-3-6)11(8,9)10/h4-6,8H,3H2,1-2H3;2-5H,1H3,(H,8,9,10). The number of nitrogens with zero attached hydrogens (tertiary/aromatic N) is 2. The normalized spacial score (nSPS) is 19.1. The Morgan fingerprint density at radius 2 is 1.96 bits per heavy atom. The van der Waals surface area contributed by atoms with Crippen molar-refractivity contribution >= 4 is 16.0 Å². The number of rotatable bonds is 2. The maximum atomic E-state index is 10.5. The van der Waals surface area contributed by atoms with Gasteiger partial charge < -0.3 is 9.64 Å². The van der Waals surface area contributed by atoms with E-state index in [0.717, 1.165) is 23.6 Å². The van der Waals surface area contributed by atoms with Crippen LogP contribution in [0.2, 0.25) is 0 Å². The van der Waals surface area contributed by atoms with Crippen LogP contribution in [0.25, 0.3) is 0 Å². The molecule has 0 aliphatic carbocycles. The number of allylic oxidation sites excluding steroid dienone is 2. The summed E-state index contributed by atoms with van der Waals surface area (Å²) in [7, 11) is -2.04. The summed E-state index contributed by atoms with van der Waals surface area (Å²) in [4.78, 5) is 6.32. The van der Waals surface area contributed by atoms with E-state index in [9.17, 15) is 8.42 Å². The van der Waals surface area contributed by atoms with Gasteiger partial charge in [0.1, 0.15) is 0 Å². The van der Waals surface area contributed by atoms with Gasteiger partial charge in [-0.05, 0) is 31.2 Å². The third-order valence-electron chi connectivity index (χ3n) is 3.31. The van der Waals surface area contributed by atoms with Gasteiger partial charge in [0, 0.05) is 19.7 Å². The van der Waals surface area contributed by atoms with Crippen LogP contribution in [-0.2, 0) is 14.9 Å². The molecule has 0 saturated heterocycles. The average molecular weight is 336 g/mol. The van der Waals surface area contributed by atoms with Gasteiger partial charge in [-0.3, -0.25) is 4.55 Å². The molecule has 0 bridgehead atoms. The van der Waals surface area contributed by atoms with Crippen molar-refractivity contribution < 1.29 is 17.7 Å². The van der Waals surface area contributed by atoms with Gasteiger partial charge in [-0.1, -0.05) is 24.6 Å². The van der Waals surface area contributed by atoms with E-state index in [-0.39, 0.29) is 11.1 Å². The highest BCUT2D eigenvalue weighted by molar-refractivity contribution is 7.85. The van der Waals surface area contributed by atoms with E-state index >= 15 is 0 Å². The Labute approximate surface area is 136 Å². The molecule has 1 atom stereocenters. The molecule has 6 nitrogen and oxygen atoms in total. The van der Waals surface area contributed by atoms with E-state index in [0.29, 0.717) is 0 Å². The number of hydrogen-bond donors (Lipinski definition) is 1. The molecular weight excluding hydrogens is 316 g/mol. The first-order valence-electron chi connectivity index (χ1n) is 7.21. The first-order chi connectivity index (χ1) is 10.8. The molecule has 0 fully saturated rings. The largest absolute Gasteiger partial charge is 0.465 e. The van der Waals surface area contributed by atoms with Crippen molar-refractivity contribution in [2.45, 2.75) is 31.4 Å².